The fourth-order valence-corrected chi connectivity index (χ4v) is 6.46. The maximum atomic E-state index is 13.5. The summed E-state index contributed by atoms with van der Waals surface area (Å²) in [5.74, 6) is 0.195. The number of aromatic nitrogens is 2. The van der Waals surface area contributed by atoms with Crippen molar-refractivity contribution in [2.45, 2.75) is 17.6 Å². The number of ether oxygens (including phenoxy) is 2. The van der Waals surface area contributed by atoms with Gasteiger partial charge in [0.1, 0.15) is 23.0 Å². The highest BCUT2D eigenvalue weighted by atomic mass is 32.2. The second-order valence-electron chi connectivity index (χ2n) is 11.5. The molecule has 3 heterocycles. The molecule has 15 heteroatoms. The quantitative estimate of drug-likeness (QED) is 0.173. The number of nitrogens with zero attached hydrogens (tertiary/aromatic N) is 4. The number of alkyl halides is 3. The van der Waals surface area contributed by atoms with Gasteiger partial charge in [-0.3, -0.25) is 14.4 Å². The minimum Gasteiger partial charge on any atom is -0.484 e. The normalized spacial score (nSPS) is 14.2. The molecule has 0 atom stereocenters. The molecule has 1 saturated heterocycles. The molecule has 1 aliphatic rings. The second-order valence-corrected chi connectivity index (χ2v) is 13.2. The van der Waals surface area contributed by atoms with E-state index in [1.165, 1.54) is 42.6 Å². The summed E-state index contributed by atoms with van der Waals surface area (Å²) in [4.78, 5) is 21.6. The van der Waals surface area contributed by atoms with Crippen molar-refractivity contribution in [2.75, 3.05) is 37.5 Å². The van der Waals surface area contributed by atoms with E-state index in [0.29, 0.717) is 44.2 Å². The second kappa shape index (κ2) is 13.8. The van der Waals surface area contributed by atoms with E-state index in [4.69, 9.17) is 9.47 Å². The molecule has 0 bridgehead atoms. The van der Waals surface area contributed by atoms with Gasteiger partial charge in [0.05, 0.1) is 22.3 Å². The molecular formula is C34H31F4N5O5S. The van der Waals surface area contributed by atoms with Crippen molar-refractivity contribution in [3.63, 3.8) is 0 Å². The highest BCUT2D eigenvalue weighted by Gasteiger charge is 2.28. The van der Waals surface area contributed by atoms with Crippen LogP contribution in [-0.4, -0.2) is 72.6 Å². The first-order valence-corrected chi connectivity index (χ1v) is 16.6. The Hall–Kier alpha value is -5.15. The van der Waals surface area contributed by atoms with E-state index in [1.54, 1.807) is 40.8 Å². The zero-order valence-electron chi connectivity index (χ0n) is 26.2. The Morgan fingerprint density at radius 3 is 2.24 bits per heavy atom. The molecule has 2 aromatic heterocycles. The van der Waals surface area contributed by atoms with E-state index in [9.17, 15) is 30.8 Å². The number of carbonyl (C=O) groups excluding carboxylic acids is 1. The van der Waals surface area contributed by atoms with Crippen LogP contribution in [0.1, 0.15) is 16.1 Å². The molecule has 0 unspecified atom stereocenters. The van der Waals surface area contributed by atoms with Crippen molar-refractivity contribution in [2.24, 2.45) is 7.05 Å². The van der Waals surface area contributed by atoms with Crippen molar-refractivity contribution in [1.29, 1.82) is 0 Å². The lowest BCUT2D eigenvalue weighted by Crippen LogP contribution is -2.48. The number of hydrogen-bond donors (Lipinski definition) is 1. The number of aryl methyl sites for hydroxylation is 1. The van der Waals surface area contributed by atoms with Crippen LogP contribution in [0.25, 0.3) is 10.9 Å². The molecular weight excluding hydrogens is 666 g/mol. The Balaban J connectivity index is 1.04. The number of pyridine rings is 1. The third kappa shape index (κ3) is 8.29. The average Bonchev–Trinajstić information content (AvgIpc) is 3.40. The zero-order valence-corrected chi connectivity index (χ0v) is 27.0. The molecule has 49 heavy (non-hydrogen) atoms. The number of fused-ring (bicyclic) bond motifs is 1. The van der Waals surface area contributed by atoms with Crippen LogP contribution in [0, 0.1) is 5.82 Å². The summed E-state index contributed by atoms with van der Waals surface area (Å²) < 4.78 is 90.4. The third-order valence-corrected chi connectivity index (χ3v) is 9.36. The van der Waals surface area contributed by atoms with E-state index < -0.39 is 28.6 Å². The molecule has 0 radical (unpaired) electrons. The molecule has 1 N–H and O–H groups in total. The lowest BCUT2D eigenvalue weighted by Gasteiger charge is -2.34. The van der Waals surface area contributed by atoms with E-state index in [2.05, 4.69) is 14.6 Å². The van der Waals surface area contributed by atoms with Crippen LogP contribution in [0.15, 0.2) is 96.0 Å². The molecule has 6 rings (SSSR count). The summed E-state index contributed by atoms with van der Waals surface area (Å²) in [6.07, 6.45) is -3.09. The summed E-state index contributed by atoms with van der Waals surface area (Å²) in [6, 6.07) is 21.2. The number of piperazine rings is 1. The molecule has 5 aromatic rings. The van der Waals surface area contributed by atoms with Crippen LogP contribution in [0.4, 0.5) is 23.2 Å². The average molecular weight is 698 g/mol. The number of hydrogen-bond acceptors (Lipinski definition) is 7. The van der Waals surface area contributed by atoms with Crippen LogP contribution in [0.5, 0.6) is 17.4 Å². The molecule has 1 amide bonds. The van der Waals surface area contributed by atoms with Gasteiger partial charge in [-0.1, -0.05) is 12.1 Å². The fourth-order valence-electron chi connectivity index (χ4n) is 5.41. The fraction of sp³-hybridized carbons (Fsp3) is 0.235. The predicted octanol–water partition coefficient (Wildman–Crippen LogP) is 6.20. The highest BCUT2D eigenvalue weighted by molar-refractivity contribution is 7.92. The van der Waals surface area contributed by atoms with Gasteiger partial charge >= 0.3 is 6.18 Å². The predicted molar refractivity (Wildman–Crippen MR) is 174 cm³/mol. The molecule has 3 aromatic carbocycles. The largest absolute Gasteiger partial charge is 0.484 e. The first-order valence-electron chi connectivity index (χ1n) is 15.1. The monoisotopic (exact) mass is 697 g/mol. The first kappa shape index (κ1) is 33.7. The molecule has 1 aliphatic heterocycles. The van der Waals surface area contributed by atoms with E-state index in [-0.39, 0.29) is 28.1 Å². The summed E-state index contributed by atoms with van der Waals surface area (Å²) in [7, 11) is -2.13. The number of rotatable bonds is 10. The first-order chi connectivity index (χ1) is 23.3. The minimum atomic E-state index is -4.39. The molecule has 0 aliphatic carbocycles. The smallest absolute Gasteiger partial charge is 0.422 e. The Morgan fingerprint density at radius 1 is 0.898 bits per heavy atom. The van der Waals surface area contributed by atoms with Gasteiger partial charge < -0.3 is 18.9 Å². The van der Waals surface area contributed by atoms with Gasteiger partial charge in [0.15, 0.2) is 6.61 Å². The topological polar surface area (TPSA) is 106 Å². The number of benzene rings is 3. The maximum absolute atomic E-state index is 13.5. The van der Waals surface area contributed by atoms with Gasteiger partial charge in [0.2, 0.25) is 5.88 Å². The van der Waals surface area contributed by atoms with Crippen LogP contribution in [-0.2, 0) is 23.6 Å². The van der Waals surface area contributed by atoms with Crippen LogP contribution in [0.2, 0.25) is 0 Å². The van der Waals surface area contributed by atoms with Gasteiger partial charge in [0, 0.05) is 57.3 Å². The van der Waals surface area contributed by atoms with Crippen molar-refractivity contribution in [3.05, 3.63) is 108 Å². The number of carbonyl (C=O) groups is 1. The molecule has 256 valence electrons. The van der Waals surface area contributed by atoms with Crippen LogP contribution < -0.4 is 14.2 Å². The number of sulfonamides is 1. The number of anilines is 1. The number of halogens is 4. The van der Waals surface area contributed by atoms with Crippen LogP contribution >= 0.6 is 0 Å². The summed E-state index contributed by atoms with van der Waals surface area (Å²) in [5, 5.41) is 0.845. The summed E-state index contributed by atoms with van der Waals surface area (Å²) in [6.45, 7) is 1.57. The molecule has 10 nitrogen and oxygen atoms in total. The van der Waals surface area contributed by atoms with Crippen molar-refractivity contribution >= 4 is 32.5 Å². The lowest BCUT2D eigenvalue weighted by molar-refractivity contribution is -0.153. The lowest BCUT2D eigenvalue weighted by atomic mass is 10.2. The SMILES string of the molecule is Cn1c(C(=O)N2CCN(Cc3ccc(OCC(F)(F)F)cc3)CC2)cc2ccc(Oc3ccc(NS(=O)(=O)c4ccc(F)cc4)cn3)cc21. The van der Waals surface area contributed by atoms with E-state index >= 15 is 0 Å². The van der Waals surface area contributed by atoms with Gasteiger partial charge in [0.25, 0.3) is 15.9 Å². The standard InChI is InChI=1S/C34H31F4N5O5S/c1-41-30-19-28(48-32-13-7-26(20-39-32)40-49(45,46)29-11-5-25(35)6-12-29)10-4-24(30)18-31(41)33(44)43-16-14-42(15-17-43)21-23-2-8-27(9-3-23)47-22-34(36,37)38/h2-13,18-20,40H,14-17,21-22H2,1H3. The van der Waals surface area contributed by atoms with Crippen molar-refractivity contribution < 1.29 is 40.2 Å². The van der Waals surface area contributed by atoms with Gasteiger partial charge in [-0.05, 0) is 66.2 Å². The molecule has 0 saturated carbocycles. The Bertz CT molecular complexity index is 2040. The highest BCUT2D eigenvalue weighted by Crippen LogP contribution is 2.28. The number of nitrogens with one attached hydrogen (secondary N) is 1. The summed E-state index contributed by atoms with van der Waals surface area (Å²) in [5.41, 5.74) is 2.42. The molecule has 1 fully saturated rings. The molecule has 0 spiro atoms. The zero-order chi connectivity index (χ0) is 34.8. The maximum Gasteiger partial charge on any atom is 0.422 e. The van der Waals surface area contributed by atoms with Gasteiger partial charge in [-0.2, -0.15) is 13.2 Å². The Labute approximate surface area is 279 Å². The Kier molecular flexibility index (Phi) is 9.48. The summed E-state index contributed by atoms with van der Waals surface area (Å²) >= 11 is 0. The Morgan fingerprint density at radius 2 is 1.59 bits per heavy atom. The van der Waals surface area contributed by atoms with Crippen LogP contribution in [0.3, 0.4) is 0 Å². The van der Waals surface area contributed by atoms with E-state index in [0.717, 1.165) is 28.6 Å². The van der Waals surface area contributed by atoms with Gasteiger partial charge in [-0.25, -0.2) is 17.8 Å². The minimum absolute atomic E-state index is 0.0895. The number of amides is 1. The van der Waals surface area contributed by atoms with Gasteiger partial charge in [-0.15, -0.1) is 0 Å². The van der Waals surface area contributed by atoms with Crippen molar-refractivity contribution in [1.82, 2.24) is 19.4 Å². The van der Waals surface area contributed by atoms with Crippen molar-refractivity contribution in [3.8, 4) is 17.4 Å². The third-order valence-electron chi connectivity index (χ3n) is 7.96. The van der Waals surface area contributed by atoms with E-state index in [1.807, 2.05) is 12.1 Å².